The van der Waals surface area contributed by atoms with Crippen LogP contribution in [0, 0.1) is 5.41 Å². The number of hydrogen-bond donors (Lipinski definition) is 0. The van der Waals surface area contributed by atoms with Crippen molar-refractivity contribution in [3.8, 4) is 0 Å². The number of alkyl halides is 2. The van der Waals surface area contributed by atoms with Gasteiger partial charge in [-0.15, -0.1) is 0 Å². The third kappa shape index (κ3) is 1.87. The van der Waals surface area contributed by atoms with Gasteiger partial charge in [-0.25, -0.2) is 0 Å². The minimum atomic E-state index is -0.611. The maximum Gasteiger partial charge on any atom is 0.148 e. The molecule has 0 N–H and O–H groups in total. The summed E-state index contributed by atoms with van der Waals surface area (Å²) in [6.07, 6.45) is 0. The first kappa shape index (κ1) is 11.6. The van der Waals surface area contributed by atoms with Gasteiger partial charge in [-0.05, 0) is 19.4 Å². The second-order valence-electron chi connectivity index (χ2n) is 4.23. The van der Waals surface area contributed by atoms with Crippen molar-refractivity contribution in [2.45, 2.75) is 18.7 Å². The molecule has 0 atom stereocenters. The third-order valence-electron chi connectivity index (χ3n) is 2.74. The molecule has 0 aromatic heterocycles. The highest BCUT2D eigenvalue weighted by Gasteiger charge is 2.39. The first-order chi connectivity index (χ1) is 7.53. The molecule has 4 heteroatoms. The van der Waals surface area contributed by atoms with Crippen molar-refractivity contribution in [3.63, 3.8) is 0 Å². The van der Waals surface area contributed by atoms with E-state index in [9.17, 15) is 0 Å². The van der Waals surface area contributed by atoms with Gasteiger partial charge in [0.25, 0.3) is 0 Å². The second kappa shape index (κ2) is 4.19. The molecule has 1 aromatic carbocycles. The lowest BCUT2D eigenvalue weighted by molar-refractivity contribution is 0.737. The normalized spacial score (nSPS) is 18.6. The molecule has 0 amide bonds. The van der Waals surface area contributed by atoms with Gasteiger partial charge in [-0.1, -0.05) is 53.5 Å². The predicted molar refractivity (Wildman–Crippen MR) is 69.7 cm³/mol. The van der Waals surface area contributed by atoms with Crippen LogP contribution >= 0.6 is 23.2 Å². The summed E-state index contributed by atoms with van der Waals surface area (Å²) in [5.74, 6) is 0. The van der Waals surface area contributed by atoms with Gasteiger partial charge in [-0.2, -0.15) is 10.2 Å². The van der Waals surface area contributed by atoms with Gasteiger partial charge in [0, 0.05) is 0 Å². The van der Waals surface area contributed by atoms with Crippen LogP contribution in [0.25, 0.3) is 0 Å². The summed E-state index contributed by atoms with van der Waals surface area (Å²) in [5, 5.41) is 8.28. The van der Waals surface area contributed by atoms with Crippen LogP contribution in [0.5, 0.6) is 0 Å². The average Bonchev–Trinajstić information content (AvgIpc) is 2.55. The summed E-state index contributed by atoms with van der Waals surface area (Å²) in [7, 11) is 0. The molecule has 16 heavy (non-hydrogen) atoms. The van der Waals surface area contributed by atoms with Gasteiger partial charge in [0.2, 0.25) is 0 Å². The van der Waals surface area contributed by atoms with Crippen molar-refractivity contribution < 1.29 is 0 Å². The molecule has 1 heterocycles. The summed E-state index contributed by atoms with van der Waals surface area (Å²) in [6.45, 7) is 4.06. The van der Waals surface area contributed by atoms with Crippen LogP contribution in [0.1, 0.15) is 19.4 Å². The number of halogens is 2. The topological polar surface area (TPSA) is 24.7 Å². The third-order valence-corrected chi connectivity index (χ3v) is 3.16. The van der Waals surface area contributed by atoms with Crippen LogP contribution in [0.15, 0.2) is 40.5 Å². The molecule has 0 spiro atoms. The molecule has 0 unspecified atom stereocenters. The Hall–Kier alpha value is -0.860. The molecule has 1 aliphatic rings. The van der Waals surface area contributed by atoms with Crippen molar-refractivity contribution in [1.29, 1.82) is 0 Å². The van der Waals surface area contributed by atoms with E-state index in [-0.39, 0.29) is 5.41 Å². The summed E-state index contributed by atoms with van der Waals surface area (Å²) in [5.41, 5.74) is 2.36. The van der Waals surface area contributed by atoms with Crippen LogP contribution in [-0.4, -0.2) is 16.3 Å². The fourth-order valence-electron chi connectivity index (χ4n) is 1.81. The predicted octanol–water partition coefficient (Wildman–Crippen LogP) is 3.68. The highest BCUT2D eigenvalue weighted by molar-refractivity contribution is 6.56. The number of rotatable bonds is 2. The van der Waals surface area contributed by atoms with Crippen molar-refractivity contribution in [2.24, 2.45) is 15.6 Å². The summed E-state index contributed by atoms with van der Waals surface area (Å²) >= 11 is 11.8. The highest BCUT2D eigenvalue weighted by atomic mass is 35.5. The average molecular weight is 255 g/mol. The van der Waals surface area contributed by atoms with Crippen molar-refractivity contribution >= 4 is 34.6 Å². The van der Waals surface area contributed by atoms with Crippen LogP contribution < -0.4 is 0 Å². The Labute approximate surface area is 105 Å². The van der Waals surface area contributed by atoms with Gasteiger partial charge in [0.15, 0.2) is 0 Å². The molecule has 1 aliphatic heterocycles. The summed E-state index contributed by atoms with van der Waals surface area (Å²) < 4.78 is 0. The van der Waals surface area contributed by atoms with Crippen LogP contribution in [0.4, 0.5) is 0 Å². The Morgan fingerprint density at radius 2 is 1.69 bits per heavy atom. The molecule has 2 nitrogen and oxygen atoms in total. The minimum Gasteiger partial charge on any atom is -0.156 e. The van der Waals surface area contributed by atoms with E-state index in [4.69, 9.17) is 23.2 Å². The molecule has 0 aliphatic carbocycles. The van der Waals surface area contributed by atoms with Crippen LogP contribution in [-0.2, 0) is 0 Å². The second-order valence-corrected chi connectivity index (χ2v) is 5.32. The molecule has 1 aromatic rings. The van der Waals surface area contributed by atoms with Crippen molar-refractivity contribution in [3.05, 3.63) is 35.9 Å². The van der Waals surface area contributed by atoms with E-state index in [1.807, 2.05) is 44.2 Å². The van der Waals surface area contributed by atoms with E-state index < -0.39 is 4.84 Å². The Kier molecular flexibility index (Phi) is 3.04. The standard InChI is InChI=1S/C12H12Cl2N2/c1-12(2)9(8-6-4-3-5-7-8)15-16-10(12)11(13)14/h3-7,11H,1-2H3. The zero-order chi connectivity index (χ0) is 11.8. The summed E-state index contributed by atoms with van der Waals surface area (Å²) in [6, 6.07) is 9.95. The maximum atomic E-state index is 5.88. The highest BCUT2D eigenvalue weighted by Crippen LogP contribution is 2.33. The van der Waals surface area contributed by atoms with Gasteiger partial charge in [0.1, 0.15) is 4.84 Å². The lowest BCUT2D eigenvalue weighted by Crippen LogP contribution is -2.34. The van der Waals surface area contributed by atoms with Gasteiger partial charge >= 0.3 is 0 Å². The van der Waals surface area contributed by atoms with Crippen LogP contribution in [0.3, 0.4) is 0 Å². The Morgan fingerprint density at radius 1 is 1.06 bits per heavy atom. The molecule has 0 fully saturated rings. The minimum absolute atomic E-state index is 0.310. The smallest absolute Gasteiger partial charge is 0.148 e. The first-order valence-electron chi connectivity index (χ1n) is 5.03. The van der Waals surface area contributed by atoms with E-state index in [1.54, 1.807) is 0 Å². The fourth-order valence-corrected chi connectivity index (χ4v) is 2.44. The van der Waals surface area contributed by atoms with E-state index >= 15 is 0 Å². The van der Waals surface area contributed by atoms with Gasteiger partial charge in [-0.3, -0.25) is 0 Å². The molecule has 0 saturated heterocycles. The Bertz CT molecular complexity index is 447. The first-order valence-corrected chi connectivity index (χ1v) is 5.91. The van der Waals surface area contributed by atoms with E-state index in [1.165, 1.54) is 0 Å². The van der Waals surface area contributed by atoms with Crippen molar-refractivity contribution in [1.82, 2.24) is 0 Å². The maximum absolute atomic E-state index is 5.88. The Balaban J connectivity index is 2.36. The number of hydrogen-bond acceptors (Lipinski definition) is 2. The number of nitrogens with zero attached hydrogens (tertiary/aromatic N) is 2. The molecule has 0 radical (unpaired) electrons. The van der Waals surface area contributed by atoms with E-state index in [0.29, 0.717) is 5.71 Å². The SMILES string of the molecule is CC1(C)C(c2ccccc2)=NN=C1C(Cl)Cl. The molecular weight excluding hydrogens is 243 g/mol. The lowest BCUT2D eigenvalue weighted by Gasteiger charge is -2.23. The van der Waals surface area contributed by atoms with Crippen LogP contribution in [0.2, 0.25) is 0 Å². The molecule has 84 valence electrons. The Morgan fingerprint density at radius 3 is 2.19 bits per heavy atom. The van der Waals surface area contributed by atoms with Crippen molar-refractivity contribution in [2.75, 3.05) is 0 Å². The largest absolute Gasteiger partial charge is 0.156 e. The molecule has 0 saturated carbocycles. The zero-order valence-corrected chi connectivity index (χ0v) is 10.6. The lowest BCUT2D eigenvalue weighted by atomic mass is 9.80. The fraction of sp³-hybridized carbons (Fsp3) is 0.333. The van der Waals surface area contributed by atoms with E-state index in [2.05, 4.69) is 10.2 Å². The van der Waals surface area contributed by atoms with E-state index in [0.717, 1.165) is 11.3 Å². The van der Waals surface area contributed by atoms with Gasteiger partial charge in [0.05, 0.1) is 16.8 Å². The summed E-state index contributed by atoms with van der Waals surface area (Å²) in [4.78, 5) is -0.611. The molecule has 2 rings (SSSR count). The zero-order valence-electron chi connectivity index (χ0n) is 9.11. The quantitative estimate of drug-likeness (QED) is 0.720. The number of benzene rings is 1. The van der Waals surface area contributed by atoms with Gasteiger partial charge < -0.3 is 0 Å². The molecular formula is C12H12Cl2N2. The monoisotopic (exact) mass is 254 g/mol. The molecule has 0 bridgehead atoms.